The highest BCUT2D eigenvalue weighted by atomic mass is 16.3. The summed E-state index contributed by atoms with van der Waals surface area (Å²) < 4.78 is 101. The Balaban J connectivity index is 0.000000156. The SMILES string of the molecule is [2H]c1c([2H])c([2H])c(-c2cc3c(c4oc5c(-c6ccc(N(c7ccc(-c8ccccc8)cc7)c7ccc(-c8ccccc8)cc7)cc6)cccc5c24)-c2ccccc2C3(C)C)c([2H])c1[2H].[2H]c1c([2H])c([2H])c(N(c2ccc(-c3ccccc3)cc2)c2ccc(-c3cccc4c3oc3c5c(cc(-c6ccccc6)c34)C(C)(C)c3ccccc3-5)cc2)c([2H])c1[2H]. The monoisotopic (exact) mass is 1440 g/mol. The van der Waals surface area contributed by atoms with Crippen molar-refractivity contribution in [3.05, 3.63) is 422 Å². The van der Waals surface area contributed by atoms with Crippen molar-refractivity contribution in [3.63, 3.8) is 0 Å². The van der Waals surface area contributed by atoms with Gasteiger partial charge in [-0.1, -0.05) is 343 Å². The molecule has 2 aliphatic carbocycles. The van der Waals surface area contributed by atoms with Crippen LogP contribution in [-0.2, 0) is 10.8 Å². The van der Waals surface area contributed by atoms with Crippen LogP contribution in [0.4, 0.5) is 34.1 Å². The van der Waals surface area contributed by atoms with Gasteiger partial charge in [-0.05, 0) is 185 Å². The fourth-order valence-corrected chi connectivity index (χ4v) is 17.2. The number of anilines is 6. The minimum Gasteiger partial charge on any atom is -0.455 e. The van der Waals surface area contributed by atoms with E-state index in [2.05, 4.69) is 245 Å². The maximum absolute atomic E-state index is 9.08. The van der Waals surface area contributed by atoms with Crippen molar-refractivity contribution in [2.45, 2.75) is 38.5 Å². The molecule has 0 saturated heterocycles. The zero-order valence-electron chi connectivity index (χ0n) is 72.0. The van der Waals surface area contributed by atoms with Crippen molar-refractivity contribution < 1.29 is 22.5 Å². The van der Waals surface area contributed by atoms with Crippen molar-refractivity contribution in [3.8, 4) is 100 Å². The van der Waals surface area contributed by atoms with Gasteiger partial charge in [0.2, 0.25) is 0 Å². The number of rotatable bonds is 13. The van der Waals surface area contributed by atoms with E-state index in [0.29, 0.717) is 28.1 Å². The minimum absolute atomic E-state index is 0.0797. The molecule has 0 fully saturated rings. The Labute approximate surface area is 667 Å². The summed E-state index contributed by atoms with van der Waals surface area (Å²) >= 11 is 0. The molecule has 0 atom stereocenters. The third-order valence-corrected chi connectivity index (χ3v) is 22.8. The molecule has 0 saturated carbocycles. The van der Waals surface area contributed by atoms with Crippen LogP contribution in [-0.4, -0.2) is 0 Å². The number of nitrogens with zero attached hydrogens (tertiary/aromatic N) is 2. The van der Waals surface area contributed by atoms with Gasteiger partial charge in [-0.2, -0.15) is 0 Å². The van der Waals surface area contributed by atoms with Gasteiger partial charge in [-0.25, -0.2) is 0 Å². The molecule has 0 amide bonds. The van der Waals surface area contributed by atoms with Crippen molar-refractivity contribution in [1.82, 2.24) is 0 Å². The van der Waals surface area contributed by atoms with E-state index in [1.165, 1.54) is 16.7 Å². The van der Waals surface area contributed by atoms with Gasteiger partial charge in [0.25, 0.3) is 0 Å². The van der Waals surface area contributed by atoms with Gasteiger partial charge in [-0.3, -0.25) is 0 Å². The normalized spacial score (nSPS) is 14.0. The standard InChI is InChI=1S/C57H41NO.C51H37NO/c1-57(2)51-24-13-12-21-48(51)54-52(57)37-50(42-19-10-5-11-20-42)53-49-23-14-22-47(55(49)59-56(53)54)43-29-35-46(36-30-43)58(44-31-25-40(26-32-44)38-15-6-3-7-16-38)45-33-27-41(28-34-45)39-17-8-4-9-18-39;1-51(2)45-24-13-12-21-42(45)48-46(51)33-44(36-17-8-4-9-18-36)47-43-23-14-22-41(49(43)53-50(47)48)37-27-31-40(32-28-37)52(38-19-10-5-11-20-38)39-29-25-35(26-30-39)34-15-6-3-7-16-34/h3-37H,1-2H3;3-33H,1-2H3/i2*5D,10D,11D,19D,20D. The van der Waals surface area contributed by atoms with Crippen molar-refractivity contribution in [2.24, 2.45) is 0 Å². The van der Waals surface area contributed by atoms with Crippen LogP contribution < -0.4 is 9.80 Å². The summed E-state index contributed by atoms with van der Waals surface area (Å²) in [4.78, 5) is 4.01. The lowest BCUT2D eigenvalue weighted by Crippen LogP contribution is -2.15. The molecule has 0 radical (unpaired) electrons. The highest BCUT2D eigenvalue weighted by molar-refractivity contribution is 6.22. The Morgan fingerprint density at radius 1 is 0.223 bits per heavy atom. The van der Waals surface area contributed by atoms with E-state index >= 15 is 0 Å². The second-order valence-electron chi connectivity index (χ2n) is 29.9. The van der Waals surface area contributed by atoms with Gasteiger partial charge in [0.05, 0.1) is 13.7 Å². The van der Waals surface area contributed by atoms with E-state index in [9.17, 15) is 0 Å². The van der Waals surface area contributed by atoms with E-state index in [0.717, 1.165) is 144 Å². The van der Waals surface area contributed by atoms with Crippen LogP contribution in [0.3, 0.4) is 0 Å². The smallest absolute Gasteiger partial charge is 0.144 e. The average molecular weight is 1450 g/mol. The molecule has 21 rings (SSSR count). The van der Waals surface area contributed by atoms with E-state index in [4.69, 9.17) is 22.5 Å². The molecule has 2 aliphatic rings. The van der Waals surface area contributed by atoms with Gasteiger partial charge in [0, 0.05) is 88.8 Å². The topological polar surface area (TPSA) is 32.8 Å². The van der Waals surface area contributed by atoms with E-state index < -0.39 is 17.5 Å². The number of hydrogen-bond donors (Lipinski definition) is 0. The molecule has 0 spiro atoms. The number of para-hydroxylation sites is 3. The Morgan fingerprint density at radius 3 is 0.884 bits per heavy atom. The first-order valence-corrected chi connectivity index (χ1v) is 38.0. The van der Waals surface area contributed by atoms with E-state index in [1.54, 1.807) is 4.90 Å². The molecule has 532 valence electrons. The average Bonchev–Trinajstić information content (AvgIpc) is 1.54. The Morgan fingerprint density at radius 2 is 0.509 bits per heavy atom. The zero-order valence-corrected chi connectivity index (χ0v) is 62.0. The molecule has 2 aromatic heterocycles. The molecule has 0 bridgehead atoms. The Bertz CT molecular complexity index is 7240. The molecule has 19 aromatic rings. The molecule has 0 aliphatic heterocycles. The largest absolute Gasteiger partial charge is 0.455 e. The fraction of sp³-hybridized carbons (Fsp3) is 0.0556. The van der Waals surface area contributed by atoms with Crippen LogP contribution >= 0.6 is 0 Å². The van der Waals surface area contributed by atoms with Crippen molar-refractivity contribution in [2.75, 3.05) is 9.80 Å². The van der Waals surface area contributed by atoms with Gasteiger partial charge >= 0.3 is 0 Å². The van der Waals surface area contributed by atoms with Crippen LogP contribution in [0, 0.1) is 0 Å². The fourth-order valence-electron chi connectivity index (χ4n) is 17.2. The van der Waals surface area contributed by atoms with E-state index in [1.807, 2.05) is 127 Å². The summed E-state index contributed by atoms with van der Waals surface area (Å²) in [6.45, 7) is 8.92. The first kappa shape index (κ1) is 57.1. The summed E-state index contributed by atoms with van der Waals surface area (Å²) in [5.74, 6) is 0. The van der Waals surface area contributed by atoms with Gasteiger partial charge in [0.15, 0.2) is 0 Å². The highest BCUT2D eigenvalue weighted by Gasteiger charge is 2.41. The second-order valence-corrected chi connectivity index (χ2v) is 29.9. The summed E-state index contributed by atoms with van der Waals surface area (Å²) in [7, 11) is 0. The third kappa shape index (κ3) is 11.5. The third-order valence-electron chi connectivity index (χ3n) is 22.8. The molecular formula is C108H78N2O2. The predicted molar refractivity (Wildman–Crippen MR) is 470 cm³/mol. The highest BCUT2D eigenvalue weighted by Crippen LogP contribution is 2.58. The summed E-state index contributed by atoms with van der Waals surface area (Å²) in [5.41, 5.74) is 29.1. The summed E-state index contributed by atoms with van der Waals surface area (Å²) in [6.07, 6.45) is 0. The number of fused-ring (bicyclic) bond motifs is 14. The number of hydrogen-bond acceptors (Lipinski definition) is 4. The zero-order chi connectivity index (χ0) is 83.7. The quantitative estimate of drug-likeness (QED) is 0.115. The summed E-state index contributed by atoms with van der Waals surface area (Å²) in [5, 5.41) is 3.64. The molecule has 0 N–H and O–H groups in total. The molecule has 4 nitrogen and oxygen atoms in total. The van der Waals surface area contributed by atoms with Crippen LogP contribution in [0.5, 0.6) is 0 Å². The van der Waals surface area contributed by atoms with Gasteiger partial charge < -0.3 is 18.6 Å². The van der Waals surface area contributed by atoms with Crippen molar-refractivity contribution >= 4 is 78.0 Å². The molecule has 17 aromatic carbocycles. The molecule has 112 heavy (non-hydrogen) atoms. The lowest BCUT2D eigenvalue weighted by Gasteiger charge is -2.26. The van der Waals surface area contributed by atoms with Crippen LogP contribution in [0.1, 0.15) is 63.7 Å². The van der Waals surface area contributed by atoms with E-state index in [-0.39, 0.29) is 65.0 Å². The lowest BCUT2D eigenvalue weighted by atomic mass is 9.81. The number of benzene rings is 17. The maximum atomic E-state index is 9.08. The van der Waals surface area contributed by atoms with Crippen LogP contribution in [0.15, 0.2) is 409 Å². The predicted octanol–water partition coefficient (Wildman–Crippen LogP) is 30.4. The molecular weight excluding hydrogens is 1360 g/mol. The lowest BCUT2D eigenvalue weighted by molar-refractivity contribution is 0.654. The Hall–Kier alpha value is -14.1. The minimum atomic E-state index is -0.435. The van der Waals surface area contributed by atoms with Gasteiger partial charge in [0.1, 0.15) is 22.3 Å². The molecule has 0 unspecified atom stereocenters. The van der Waals surface area contributed by atoms with Gasteiger partial charge in [-0.15, -0.1) is 0 Å². The second kappa shape index (κ2) is 27.6. The van der Waals surface area contributed by atoms with Crippen LogP contribution in [0.25, 0.3) is 144 Å². The summed E-state index contributed by atoms with van der Waals surface area (Å²) in [6, 6.07) is 113. The number of furan rings is 2. The van der Waals surface area contributed by atoms with Crippen molar-refractivity contribution in [1.29, 1.82) is 0 Å². The molecule has 2 heterocycles. The first-order valence-electron chi connectivity index (χ1n) is 43.0. The first-order chi connectivity index (χ1) is 59.2. The Kier molecular flexibility index (Phi) is 14.1. The maximum Gasteiger partial charge on any atom is 0.144 e. The van der Waals surface area contributed by atoms with Crippen LogP contribution in [0.2, 0.25) is 0 Å². The molecule has 4 heteroatoms.